The van der Waals surface area contributed by atoms with Crippen LogP contribution in [0.25, 0.3) is 0 Å². The van der Waals surface area contributed by atoms with Gasteiger partial charge in [0.05, 0.1) is 22.8 Å². The molecule has 0 radical (unpaired) electrons. The standard InChI is InChI=1S/C16H15Cl3N2O2/c1-23-14-5-3-2-4-10(14)6-7-15(22)20-21-16-12(18)8-11(17)9-13(16)19/h2-5,8-9,21H,6-7H2,1H3,(H,20,22). The molecule has 1 amide bonds. The Hall–Kier alpha value is -1.62. The van der Waals surface area contributed by atoms with Gasteiger partial charge in [-0.05, 0) is 30.2 Å². The number of benzene rings is 2. The molecule has 2 aromatic carbocycles. The summed E-state index contributed by atoms with van der Waals surface area (Å²) < 4.78 is 5.25. The van der Waals surface area contributed by atoms with Crippen LogP contribution in [0.2, 0.25) is 15.1 Å². The van der Waals surface area contributed by atoms with Gasteiger partial charge < -0.3 is 4.74 Å². The third-order valence-corrected chi connectivity index (χ3v) is 3.96. The highest BCUT2D eigenvalue weighted by Crippen LogP contribution is 2.33. The molecule has 2 rings (SSSR count). The largest absolute Gasteiger partial charge is 0.496 e. The van der Waals surface area contributed by atoms with E-state index in [9.17, 15) is 4.79 Å². The van der Waals surface area contributed by atoms with Crippen molar-refractivity contribution >= 4 is 46.4 Å². The van der Waals surface area contributed by atoms with Crippen LogP contribution in [0.1, 0.15) is 12.0 Å². The van der Waals surface area contributed by atoms with Gasteiger partial charge in [0.2, 0.25) is 5.91 Å². The first-order chi connectivity index (χ1) is 11.0. The van der Waals surface area contributed by atoms with Gasteiger partial charge in [0.1, 0.15) is 5.75 Å². The highest BCUT2D eigenvalue weighted by atomic mass is 35.5. The van der Waals surface area contributed by atoms with Crippen LogP contribution in [-0.2, 0) is 11.2 Å². The number of rotatable bonds is 6. The molecule has 0 saturated carbocycles. The minimum absolute atomic E-state index is 0.196. The Morgan fingerprint density at radius 2 is 1.78 bits per heavy atom. The van der Waals surface area contributed by atoms with Crippen LogP contribution in [0.5, 0.6) is 5.75 Å². The Morgan fingerprint density at radius 3 is 2.43 bits per heavy atom. The quantitative estimate of drug-likeness (QED) is 0.720. The molecule has 7 heteroatoms. The zero-order valence-corrected chi connectivity index (χ0v) is 14.6. The fourth-order valence-corrected chi connectivity index (χ4v) is 2.93. The normalized spacial score (nSPS) is 10.3. The lowest BCUT2D eigenvalue weighted by Gasteiger charge is -2.12. The summed E-state index contributed by atoms with van der Waals surface area (Å²) in [5.74, 6) is 0.565. The van der Waals surface area contributed by atoms with Crippen molar-refractivity contribution in [1.29, 1.82) is 0 Å². The van der Waals surface area contributed by atoms with Gasteiger partial charge in [-0.1, -0.05) is 53.0 Å². The number of nitrogens with one attached hydrogen (secondary N) is 2. The molecule has 0 saturated heterocycles. The minimum Gasteiger partial charge on any atom is -0.496 e. The smallest absolute Gasteiger partial charge is 0.238 e. The van der Waals surface area contributed by atoms with Crippen molar-refractivity contribution < 1.29 is 9.53 Å². The van der Waals surface area contributed by atoms with E-state index in [4.69, 9.17) is 39.5 Å². The summed E-state index contributed by atoms with van der Waals surface area (Å²) in [7, 11) is 1.60. The SMILES string of the molecule is COc1ccccc1CCC(=O)NNc1c(Cl)cc(Cl)cc1Cl. The number of anilines is 1. The van der Waals surface area contributed by atoms with Crippen molar-refractivity contribution in [3.63, 3.8) is 0 Å². The van der Waals surface area contributed by atoms with E-state index < -0.39 is 0 Å². The van der Waals surface area contributed by atoms with Crippen LogP contribution in [0, 0.1) is 0 Å². The van der Waals surface area contributed by atoms with Gasteiger partial charge in [0.15, 0.2) is 0 Å². The predicted octanol–water partition coefficient (Wildman–Crippen LogP) is 4.73. The summed E-state index contributed by atoms with van der Waals surface area (Å²) in [6, 6.07) is 10.7. The second kappa shape index (κ2) is 8.29. The summed E-state index contributed by atoms with van der Waals surface area (Å²) >= 11 is 17.9. The molecule has 0 unspecified atom stereocenters. The Balaban J connectivity index is 1.91. The van der Waals surface area contributed by atoms with E-state index in [1.807, 2.05) is 24.3 Å². The lowest BCUT2D eigenvalue weighted by molar-refractivity contribution is -0.120. The first-order valence-electron chi connectivity index (χ1n) is 6.82. The molecule has 0 fully saturated rings. The molecule has 2 aromatic rings. The van der Waals surface area contributed by atoms with Crippen molar-refractivity contribution in [3.05, 3.63) is 57.0 Å². The number of halogens is 3. The van der Waals surface area contributed by atoms with E-state index in [0.29, 0.717) is 27.2 Å². The van der Waals surface area contributed by atoms with Gasteiger partial charge in [-0.15, -0.1) is 0 Å². The molecule has 0 aliphatic carbocycles. The second-order valence-electron chi connectivity index (χ2n) is 4.73. The van der Waals surface area contributed by atoms with Crippen LogP contribution in [0.4, 0.5) is 5.69 Å². The van der Waals surface area contributed by atoms with Crippen LogP contribution in [0.15, 0.2) is 36.4 Å². The molecule has 0 bridgehead atoms. The monoisotopic (exact) mass is 372 g/mol. The first kappa shape index (κ1) is 17.7. The molecule has 0 atom stereocenters. The second-order valence-corrected chi connectivity index (χ2v) is 5.98. The Morgan fingerprint density at radius 1 is 1.13 bits per heavy atom. The minimum atomic E-state index is -0.196. The zero-order chi connectivity index (χ0) is 16.8. The van der Waals surface area contributed by atoms with E-state index in [-0.39, 0.29) is 12.3 Å². The van der Waals surface area contributed by atoms with Crippen molar-refractivity contribution in [2.45, 2.75) is 12.8 Å². The molecule has 122 valence electrons. The van der Waals surface area contributed by atoms with Crippen molar-refractivity contribution in [2.75, 3.05) is 12.5 Å². The van der Waals surface area contributed by atoms with Gasteiger partial charge in [0.25, 0.3) is 0 Å². The lowest BCUT2D eigenvalue weighted by atomic mass is 10.1. The third-order valence-electron chi connectivity index (χ3n) is 3.15. The van der Waals surface area contributed by atoms with Crippen LogP contribution >= 0.6 is 34.8 Å². The summed E-state index contributed by atoms with van der Waals surface area (Å²) in [6.45, 7) is 0. The third kappa shape index (κ3) is 4.93. The fourth-order valence-electron chi connectivity index (χ4n) is 2.01. The van der Waals surface area contributed by atoms with Crippen molar-refractivity contribution in [2.24, 2.45) is 0 Å². The number of ether oxygens (including phenoxy) is 1. The molecule has 0 aliphatic rings. The molecule has 23 heavy (non-hydrogen) atoms. The number of methoxy groups -OCH3 is 1. The number of aryl methyl sites for hydroxylation is 1. The Kier molecular flexibility index (Phi) is 6.39. The number of hydrazine groups is 1. The molecule has 0 aromatic heterocycles. The summed E-state index contributed by atoms with van der Waals surface area (Å²) in [5.41, 5.74) is 6.66. The van der Waals surface area contributed by atoms with E-state index in [1.165, 1.54) is 12.1 Å². The number of carbonyl (C=O) groups excluding carboxylic acids is 1. The maximum atomic E-state index is 12.0. The zero-order valence-electron chi connectivity index (χ0n) is 12.3. The predicted molar refractivity (Wildman–Crippen MR) is 94.6 cm³/mol. The van der Waals surface area contributed by atoms with Crippen LogP contribution in [-0.4, -0.2) is 13.0 Å². The van der Waals surface area contributed by atoms with E-state index >= 15 is 0 Å². The molecule has 0 spiro atoms. The van der Waals surface area contributed by atoms with E-state index in [0.717, 1.165) is 11.3 Å². The van der Waals surface area contributed by atoms with Crippen molar-refractivity contribution in [3.8, 4) is 5.75 Å². The maximum absolute atomic E-state index is 12.0. The van der Waals surface area contributed by atoms with E-state index in [1.54, 1.807) is 7.11 Å². The molecule has 2 N–H and O–H groups in total. The average molecular weight is 374 g/mol. The molecule has 0 heterocycles. The summed E-state index contributed by atoms with van der Waals surface area (Å²) in [5, 5.41) is 1.08. The van der Waals surface area contributed by atoms with Crippen LogP contribution < -0.4 is 15.6 Å². The highest BCUT2D eigenvalue weighted by Gasteiger charge is 2.10. The van der Waals surface area contributed by atoms with Crippen molar-refractivity contribution in [1.82, 2.24) is 5.43 Å². The Bertz CT molecular complexity index is 684. The number of carbonyl (C=O) groups is 1. The van der Waals surface area contributed by atoms with Crippen LogP contribution in [0.3, 0.4) is 0 Å². The molecular formula is C16H15Cl3N2O2. The van der Waals surface area contributed by atoms with Gasteiger partial charge in [-0.3, -0.25) is 15.6 Å². The summed E-state index contributed by atoms with van der Waals surface area (Å²) in [6.07, 6.45) is 0.843. The summed E-state index contributed by atoms with van der Waals surface area (Å²) in [4.78, 5) is 12.0. The lowest BCUT2D eigenvalue weighted by Crippen LogP contribution is -2.29. The number of amides is 1. The highest BCUT2D eigenvalue weighted by molar-refractivity contribution is 6.41. The molecule has 4 nitrogen and oxygen atoms in total. The molecule has 0 aliphatic heterocycles. The van der Waals surface area contributed by atoms with E-state index in [2.05, 4.69) is 10.9 Å². The first-order valence-corrected chi connectivity index (χ1v) is 7.96. The van der Waals surface area contributed by atoms with Gasteiger partial charge in [-0.25, -0.2) is 0 Å². The van der Waals surface area contributed by atoms with Gasteiger partial charge in [-0.2, -0.15) is 0 Å². The number of hydrogen-bond acceptors (Lipinski definition) is 3. The van der Waals surface area contributed by atoms with Gasteiger partial charge in [0, 0.05) is 11.4 Å². The Labute approximate surface area is 149 Å². The molecular weight excluding hydrogens is 359 g/mol. The topological polar surface area (TPSA) is 50.4 Å². The number of hydrogen-bond donors (Lipinski definition) is 2. The maximum Gasteiger partial charge on any atom is 0.238 e. The average Bonchev–Trinajstić information content (AvgIpc) is 2.52. The number of para-hydroxylation sites is 1. The van der Waals surface area contributed by atoms with Gasteiger partial charge >= 0.3 is 0 Å². The fraction of sp³-hybridized carbons (Fsp3) is 0.188.